The number of nitrogens with zero attached hydrogens (tertiary/aromatic N) is 4. The number of hydrogen-bond donors (Lipinski definition) is 0. The van der Waals surface area contributed by atoms with Crippen molar-refractivity contribution in [2.45, 2.75) is 109 Å². The molecule has 0 saturated heterocycles. The van der Waals surface area contributed by atoms with Gasteiger partial charge in [0.2, 0.25) is 0 Å². The van der Waals surface area contributed by atoms with Crippen molar-refractivity contribution in [3.05, 3.63) is 164 Å². The Morgan fingerprint density at radius 2 is 0.881 bits per heavy atom. The zero-order valence-electron chi connectivity index (χ0n) is 39.5. The topological polar surface area (TPSA) is 65.3 Å². The first-order valence-corrected chi connectivity index (χ1v) is 26.2. The lowest BCUT2D eigenvalue weighted by atomic mass is 9.70. The Morgan fingerprint density at radius 3 is 1.30 bits per heavy atom. The maximum atomic E-state index is 13.4. The fourth-order valence-corrected chi connectivity index (χ4v) is 12.2. The number of hydrogen-bond acceptors (Lipinski definition) is 6. The average molecular weight is 923 g/mol. The van der Waals surface area contributed by atoms with Crippen LogP contribution < -0.4 is 0 Å². The van der Waals surface area contributed by atoms with E-state index in [0.29, 0.717) is 22.6 Å². The Balaban J connectivity index is 1.08. The molecule has 0 radical (unpaired) electrons. The van der Waals surface area contributed by atoms with Crippen LogP contribution in [0.2, 0.25) is 0 Å². The number of thiophene rings is 2. The molecule has 2 aromatic heterocycles. The minimum absolute atomic E-state index is 0.0863. The third-order valence-electron chi connectivity index (χ3n) is 13.8. The van der Waals surface area contributed by atoms with Gasteiger partial charge in [-0.25, -0.2) is 10.0 Å². The highest BCUT2D eigenvalue weighted by Gasteiger charge is 2.43. The second-order valence-electron chi connectivity index (χ2n) is 18.4. The lowest BCUT2D eigenvalue weighted by Crippen LogP contribution is -2.25. The van der Waals surface area contributed by atoms with Crippen LogP contribution in [0.1, 0.15) is 136 Å². The van der Waals surface area contributed by atoms with Crippen molar-refractivity contribution in [3.63, 3.8) is 0 Å². The molecule has 0 bridgehead atoms. The largest absolute Gasteiger partial charge is 0.276 e. The summed E-state index contributed by atoms with van der Waals surface area (Å²) < 4.78 is 0. The minimum Gasteiger partial charge on any atom is -0.267 e. The van der Waals surface area contributed by atoms with E-state index < -0.39 is 0 Å². The van der Waals surface area contributed by atoms with Crippen molar-refractivity contribution in [2.24, 2.45) is 10.2 Å². The van der Waals surface area contributed by atoms with E-state index in [-0.39, 0.29) is 17.2 Å². The summed E-state index contributed by atoms with van der Waals surface area (Å²) in [4.78, 5) is 31.3. The van der Waals surface area contributed by atoms with Crippen LogP contribution in [0.4, 0.5) is 0 Å². The maximum Gasteiger partial charge on any atom is 0.276 e. The fourth-order valence-electron chi connectivity index (χ4n) is 10.3. The molecular weight excluding hydrogens is 861 g/mol. The smallest absolute Gasteiger partial charge is 0.267 e. The number of unbranched alkanes of at least 4 members (excludes halogenated alkanes) is 10. The van der Waals surface area contributed by atoms with Gasteiger partial charge in [0.05, 0.1) is 11.1 Å². The Labute approximate surface area is 405 Å². The molecule has 0 spiro atoms. The predicted octanol–water partition coefficient (Wildman–Crippen LogP) is 15.4. The molecule has 8 heteroatoms. The third-order valence-corrected chi connectivity index (χ3v) is 16.0. The summed E-state index contributed by atoms with van der Waals surface area (Å²) in [5, 5.41) is 12.2. The molecule has 1 aliphatic carbocycles. The third kappa shape index (κ3) is 9.75. The molecule has 0 atom stereocenters. The highest BCUT2D eigenvalue weighted by molar-refractivity contribution is 7.16. The van der Waals surface area contributed by atoms with Crippen molar-refractivity contribution in [1.29, 1.82) is 0 Å². The van der Waals surface area contributed by atoms with Crippen LogP contribution in [-0.4, -0.2) is 47.4 Å². The summed E-state index contributed by atoms with van der Waals surface area (Å²) in [5.41, 5.74) is 12.5. The molecule has 0 fully saturated rings. The van der Waals surface area contributed by atoms with Gasteiger partial charge in [0.1, 0.15) is 11.4 Å². The van der Waals surface area contributed by atoms with E-state index in [1.165, 1.54) is 130 Å². The van der Waals surface area contributed by atoms with Gasteiger partial charge in [-0.1, -0.05) is 176 Å². The first-order chi connectivity index (χ1) is 32.8. The Morgan fingerprint density at radius 1 is 0.478 bits per heavy atom. The van der Waals surface area contributed by atoms with E-state index in [9.17, 15) is 9.59 Å². The lowest BCUT2D eigenvalue weighted by molar-refractivity contribution is -0.125. The number of hydrazone groups is 2. The molecule has 2 aliphatic heterocycles. The number of fused-ring (bicyclic) bond motifs is 3. The van der Waals surface area contributed by atoms with Gasteiger partial charge in [-0.05, 0) is 94.8 Å². The standard InChI is InChI=1S/C59H62N4O2S2/c1-5-7-9-11-13-21-35-59(36-22-14-12-10-8-6-2)51-37-43(53-33-29-45(66-53)39-49-55(60-62(3)57(49)64)41-23-17-15-18-24-41)27-31-47(51)48-32-28-44(38-52(48)59)54-34-30-46(67-54)40-50-56(61-63(4)58(50)65)42-25-19-16-20-26-42/h15-20,23-34,37-40H,5-14,21-22,35-36H2,1-4H3/b49-39+,50-40+. The van der Waals surface area contributed by atoms with Gasteiger partial charge < -0.3 is 0 Å². The van der Waals surface area contributed by atoms with E-state index in [2.05, 4.69) is 84.7 Å². The number of benzene rings is 4. The Kier molecular flexibility index (Phi) is 14.4. The van der Waals surface area contributed by atoms with Gasteiger partial charge in [-0.3, -0.25) is 9.59 Å². The molecule has 3 aliphatic rings. The van der Waals surface area contributed by atoms with Gasteiger partial charge in [0.15, 0.2) is 0 Å². The van der Waals surface area contributed by atoms with Crippen LogP contribution in [0, 0.1) is 0 Å². The van der Waals surface area contributed by atoms with Crippen LogP contribution in [0.3, 0.4) is 0 Å². The lowest BCUT2D eigenvalue weighted by Gasteiger charge is -2.33. The quantitative estimate of drug-likeness (QED) is 0.0566. The molecule has 0 saturated carbocycles. The minimum atomic E-state index is -0.111. The average Bonchev–Trinajstić information content (AvgIpc) is 4.19. The summed E-state index contributed by atoms with van der Waals surface area (Å²) in [7, 11) is 3.46. The second kappa shape index (κ2) is 20.9. The highest BCUT2D eigenvalue weighted by Crippen LogP contribution is 2.56. The zero-order valence-corrected chi connectivity index (χ0v) is 41.2. The van der Waals surface area contributed by atoms with Gasteiger partial charge in [-0.2, -0.15) is 10.2 Å². The van der Waals surface area contributed by atoms with E-state index in [1.807, 2.05) is 72.8 Å². The van der Waals surface area contributed by atoms with E-state index in [1.54, 1.807) is 36.8 Å². The number of likely N-dealkylation sites (N-methyl/N-ethyl adjacent to an activating group) is 2. The molecule has 4 aromatic carbocycles. The normalized spacial score (nSPS) is 16.4. The van der Waals surface area contributed by atoms with Crippen LogP contribution >= 0.6 is 22.7 Å². The fraction of sp³-hybridized carbons (Fsp3) is 0.322. The molecule has 0 N–H and O–H groups in total. The second-order valence-corrected chi connectivity index (χ2v) is 20.7. The Hall–Kier alpha value is -5.96. The number of rotatable bonds is 20. The zero-order chi connectivity index (χ0) is 46.3. The van der Waals surface area contributed by atoms with Crippen LogP contribution in [0.25, 0.3) is 44.2 Å². The van der Waals surface area contributed by atoms with Gasteiger partial charge in [-0.15, -0.1) is 22.7 Å². The molecular formula is C59H62N4O2S2. The van der Waals surface area contributed by atoms with Crippen molar-refractivity contribution in [2.75, 3.05) is 14.1 Å². The maximum absolute atomic E-state index is 13.4. The predicted molar refractivity (Wildman–Crippen MR) is 283 cm³/mol. The van der Waals surface area contributed by atoms with Gasteiger partial charge in [0, 0.05) is 50.1 Å². The summed E-state index contributed by atoms with van der Waals surface area (Å²) in [6.07, 6.45) is 21.5. The van der Waals surface area contributed by atoms with Crippen LogP contribution in [0.5, 0.6) is 0 Å². The molecule has 6 nitrogen and oxygen atoms in total. The molecule has 2 amide bonds. The molecule has 9 rings (SSSR count). The number of carbonyl (C=O) groups excluding carboxylic acids is 2. The first-order valence-electron chi connectivity index (χ1n) is 24.6. The molecule has 342 valence electrons. The Bertz CT molecular complexity index is 2670. The molecule has 67 heavy (non-hydrogen) atoms. The van der Waals surface area contributed by atoms with Crippen LogP contribution in [-0.2, 0) is 15.0 Å². The molecule has 4 heterocycles. The first kappa shape index (κ1) is 46.2. The monoisotopic (exact) mass is 922 g/mol. The number of carbonyl (C=O) groups is 2. The molecule has 6 aromatic rings. The highest BCUT2D eigenvalue weighted by atomic mass is 32.1. The van der Waals surface area contributed by atoms with Crippen LogP contribution in [0.15, 0.2) is 143 Å². The number of amides is 2. The van der Waals surface area contributed by atoms with Crippen molar-refractivity contribution < 1.29 is 9.59 Å². The van der Waals surface area contributed by atoms with E-state index in [4.69, 9.17) is 0 Å². The van der Waals surface area contributed by atoms with Crippen molar-refractivity contribution >= 4 is 58.1 Å². The van der Waals surface area contributed by atoms with E-state index in [0.717, 1.165) is 33.7 Å². The molecule has 0 unspecified atom stereocenters. The summed E-state index contributed by atoms with van der Waals surface area (Å²) in [6, 6.07) is 43.2. The van der Waals surface area contributed by atoms with Crippen molar-refractivity contribution in [1.82, 2.24) is 10.0 Å². The summed E-state index contributed by atoms with van der Waals surface area (Å²) >= 11 is 3.47. The summed E-state index contributed by atoms with van der Waals surface area (Å²) in [6.45, 7) is 4.59. The van der Waals surface area contributed by atoms with Gasteiger partial charge >= 0.3 is 0 Å². The van der Waals surface area contributed by atoms with Gasteiger partial charge in [0.25, 0.3) is 11.8 Å². The van der Waals surface area contributed by atoms with Crippen molar-refractivity contribution in [3.8, 4) is 32.0 Å². The summed E-state index contributed by atoms with van der Waals surface area (Å²) in [5.74, 6) is -0.173. The SMILES string of the molecule is CCCCCCCCC1(CCCCCCCC)c2cc(-c3ccc(/C=C4/C(=O)N(C)N=C4c4ccccc4)s3)ccc2-c2ccc(-c3ccc(/C=C4/C(=O)N(C)N=C4c4ccccc4)s3)cc21. The van der Waals surface area contributed by atoms with E-state index >= 15 is 0 Å².